The highest BCUT2D eigenvalue weighted by molar-refractivity contribution is 9.10. The lowest BCUT2D eigenvalue weighted by Crippen LogP contribution is -2.13. The molecule has 0 aliphatic rings. The Bertz CT molecular complexity index is 877. The number of carbonyl (C=O) groups is 1. The zero-order valence-corrected chi connectivity index (χ0v) is 14.5. The summed E-state index contributed by atoms with van der Waals surface area (Å²) in [4.78, 5) is 12.6. The molecular weight excluding hydrogens is 380 g/mol. The van der Waals surface area contributed by atoms with Gasteiger partial charge in [0.25, 0.3) is 5.91 Å². The SMILES string of the molecule is Cc1onc(-c2ccccc2Cl)c1C(=O)Nc1cccc(Br)c1. The van der Waals surface area contributed by atoms with Gasteiger partial charge in [-0.05, 0) is 31.2 Å². The maximum atomic E-state index is 12.6. The van der Waals surface area contributed by atoms with Crippen molar-refractivity contribution in [3.05, 3.63) is 69.3 Å². The second-order valence-electron chi connectivity index (χ2n) is 4.91. The third kappa shape index (κ3) is 3.30. The molecule has 6 heteroatoms. The first-order valence-corrected chi connectivity index (χ1v) is 8.01. The number of aryl methyl sites for hydroxylation is 1. The van der Waals surface area contributed by atoms with Crippen molar-refractivity contribution in [3.8, 4) is 11.3 Å². The van der Waals surface area contributed by atoms with E-state index in [0.717, 1.165) is 4.47 Å². The Kier molecular flexibility index (Phi) is 4.50. The maximum Gasteiger partial charge on any atom is 0.261 e. The number of hydrogen-bond donors (Lipinski definition) is 1. The van der Waals surface area contributed by atoms with Gasteiger partial charge in [0, 0.05) is 15.7 Å². The van der Waals surface area contributed by atoms with Gasteiger partial charge in [0.15, 0.2) is 0 Å². The van der Waals surface area contributed by atoms with Crippen LogP contribution in [0.15, 0.2) is 57.5 Å². The molecule has 0 saturated carbocycles. The van der Waals surface area contributed by atoms with E-state index in [1.165, 1.54) is 0 Å². The fourth-order valence-corrected chi connectivity index (χ4v) is 2.86. The molecule has 2 aromatic carbocycles. The van der Waals surface area contributed by atoms with Crippen LogP contribution in [-0.2, 0) is 0 Å². The zero-order valence-electron chi connectivity index (χ0n) is 12.1. The van der Waals surface area contributed by atoms with Gasteiger partial charge >= 0.3 is 0 Å². The summed E-state index contributed by atoms with van der Waals surface area (Å²) in [5.74, 6) is 0.143. The summed E-state index contributed by atoms with van der Waals surface area (Å²) in [5.41, 5.74) is 2.14. The third-order valence-corrected chi connectivity index (χ3v) is 4.12. The number of hydrogen-bond acceptors (Lipinski definition) is 3. The first-order valence-electron chi connectivity index (χ1n) is 6.84. The van der Waals surface area contributed by atoms with Crippen LogP contribution in [0, 0.1) is 6.92 Å². The molecule has 0 atom stereocenters. The minimum Gasteiger partial charge on any atom is -0.360 e. The van der Waals surface area contributed by atoms with Gasteiger partial charge in [-0.2, -0.15) is 0 Å². The predicted molar refractivity (Wildman–Crippen MR) is 93.8 cm³/mol. The van der Waals surface area contributed by atoms with Crippen molar-refractivity contribution in [1.82, 2.24) is 5.16 Å². The highest BCUT2D eigenvalue weighted by Gasteiger charge is 2.23. The van der Waals surface area contributed by atoms with Crippen molar-refractivity contribution in [2.75, 3.05) is 5.32 Å². The number of nitrogens with zero attached hydrogens (tertiary/aromatic N) is 1. The van der Waals surface area contributed by atoms with Crippen LogP contribution in [0.2, 0.25) is 5.02 Å². The van der Waals surface area contributed by atoms with E-state index in [9.17, 15) is 4.79 Å². The number of halogens is 2. The fourth-order valence-electron chi connectivity index (χ4n) is 2.24. The van der Waals surface area contributed by atoms with Crippen LogP contribution in [0.5, 0.6) is 0 Å². The maximum absolute atomic E-state index is 12.6. The van der Waals surface area contributed by atoms with E-state index in [0.29, 0.717) is 33.3 Å². The van der Waals surface area contributed by atoms with Gasteiger partial charge in [0.2, 0.25) is 0 Å². The molecular formula is C17H12BrClN2O2. The van der Waals surface area contributed by atoms with Gasteiger partial charge in [-0.25, -0.2) is 0 Å². The number of amides is 1. The summed E-state index contributed by atoms with van der Waals surface area (Å²) >= 11 is 9.58. The Balaban J connectivity index is 1.99. The van der Waals surface area contributed by atoms with Crippen LogP contribution in [0.3, 0.4) is 0 Å². The van der Waals surface area contributed by atoms with Crippen molar-refractivity contribution in [2.45, 2.75) is 6.92 Å². The number of rotatable bonds is 3. The average molecular weight is 392 g/mol. The quantitative estimate of drug-likeness (QED) is 0.657. The first kappa shape index (κ1) is 15.8. The monoisotopic (exact) mass is 390 g/mol. The summed E-state index contributed by atoms with van der Waals surface area (Å²) in [7, 11) is 0. The molecule has 1 heterocycles. The molecule has 0 saturated heterocycles. The van der Waals surface area contributed by atoms with Crippen LogP contribution in [0.25, 0.3) is 11.3 Å². The van der Waals surface area contributed by atoms with E-state index in [4.69, 9.17) is 16.1 Å². The molecule has 1 amide bonds. The minimum atomic E-state index is -0.295. The molecule has 1 aromatic heterocycles. The van der Waals surface area contributed by atoms with Crippen molar-refractivity contribution >= 4 is 39.1 Å². The lowest BCUT2D eigenvalue weighted by molar-refractivity contribution is 0.102. The Labute approximate surface area is 146 Å². The van der Waals surface area contributed by atoms with Gasteiger partial charge < -0.3 is 9.84 Å². The summed E-state index contributed by atoms with van der Waals surface area (Å²) in [6.07, 6.45) is 0. The Morgan fingerprint density at radius 3 is 2.74 bits per heavy atom. The summed E-state index contributed by atoms with van der Waals surface area (Å²) in [6, 6.07) is 14.6. The Morgan fingerprint density at radius 1 is 1.22 bits per heavy atom. The van der Waals surface area contributed by atoms with E-state index in [1.54, 1.807) is 25.1 Å². The number of nitrogens with one attached hydrogen (secondary N) is 1. The van der Waals surface area contributed by atoms with Crippen LogP contribution in [-0.4, -0.2) is 11.1 Å². The normalized spacial score (nSPS) is 10.6. The second-order valence-corrected chi connectivity index (χ2v) is 6.23. The number of anilines is 1. The molecule has 0 aliphatic carbocycles. The molecule has 116 valence electrons. The topological polar surface area (TPSA) is 55.1 Å². The number of benzene rings is 2. The number of carbonyl (C=O) groups excluding carboxylic acids is 1. The molecule has 0 radical (unpaired) electrons. The average Bonchev–Trinajstić information content (AvgIpc) is 2.89. The fraction of sp³-hybridized carbons (Fsp3) is 0.0588. The van der Waals surface area contributed by atoms with Crippen molar-refractivity contribution in [1.29, 1.82) is 0 Å². The van der Waals surface area contributed by atoms with Crippen molar-refractivity contribution in [2.24, 2.45) is 0 Å². The molecule has 1 N–H and O–H groups in total. The van der Waals surface area contributed by atoms with E-state index in [1.807, 2.05) is 30.3 Å². The smallest absolute Gasteiger partial charge is 0.261 e. The Morgan fingerprint density at radius 2 is 2.00 bits per heavy atom. The molecule has 0 aliphatic heterocycles. The van der Waals surface area contributed by atoms with Crippen molar-refractivity contribution < 1.29 is 9.32 Å². The zero-order chi connectivity index (χ0) is 16.4. The second kappa shape index (κ2) is 6.56. The van der Waals surface area contributed by atoms with Gasteiger partial charge in [-0.1, -0.05) is 57.0 Å². The van der Waals surface area contributed by atoms with Crippen LogP contribution in [0.1, 0.15) is 16.1 Å². The molecule has 23 heavy (non-hydrogen) atoms. The van der Waals surface area contributed by atoms with Crippen LogP contribution in [0.4, 0.5) is 5.69 Å². The largest absolute Gasteiger partial charge is 0.360 e. The third-order valence-electron chi connectivity index (χ3n) is 3.30. The predicted octanol–water partition coefficient (Wildman–Crippen LogP) is 5.32. The van der Waals surface area contributed by atoms with E-state index in [-0.39, 0.29) is 5.91 Å². The molecule has 3 rings (SSSR count). The molecule has 0 fully saturated rings. The van der Waals surface area contributed by atoms with E-state index >= 15 is 0 Å². The van der Waals surface area contributed by atoms with Gasteiger partial charge in [-0.3, -0.25) is 4.79 Å². The summed E-state index contributed by atoms with van der Waals surface area (Å²) in [5, 5.41) is 7.35. The van der Waals surface area contributed by atoms with Gasteiger partial charge in [0.05, 0.1) is 5.02 Å². The van der Waals surface area contributed by atoms with E-state index in [2.05, 4.69) is 26.4 Å². The van der Waals surface area contributed by atoms with Crippen LogP contribution < -0.4 is 5.32 Å². The molecule has 0 spiro atoms. The van der Waals surface area contributed by atoms with Crippen LogP contribution >= 0.6 is 27.5 Å². The lowest BCUT2D eigenvalue weighted by atomic mass is 10.1. The van der Waals surface area contributed by atoms with Crippen molar-refractivity contribution in [3.63, 3.8) is 0 Å². The molecule has 3 aromatic rings. The van der Waals surface area contributed by atoms with E-state index < -0.39 is 0 Å². The highest BCUT2D eigenvalue weighted by Crippen LogP contribution is 2.31. The first-order chi connectivity index (χ1) is 11.1. The standard InChI is InChI=1S/C17H12BrClN2O2/c1-10-15(17(22)20-12-6-4-5-11(18)9-12)16(21-23-10)13-7-2-3-8-14(13)19/h2-9H,1H3,(H,20,22). The minimum absolute atomic E-state index is 0.295. The molecule has 0 unspecified atom stereocenters. The summed E-state index contributed by atoms with van der Waals surface area (Å²) in [6.45, 7) is 1.70. The molecule has 0 bridgehead atoms. The number of aromatic nitrogens is 1. The molecule has 4 nitrogen and oxygen atoms in total. The lowest BCUT2D eigenvalue weighted by Gasteiger charge is -2.07. The Hall–Kier alpha value is -2.11. The van der Waals surface area contributed by atoms with Gasteiger partial charge in [0.1, 0.15) is 17.0 Å². The highest BCUT2D eigenvalue weighted by atomic mass is 79.9. The van der Waals surface area contributed by atoms with Gasteiger partial charge in [-0.15, -0.1) is 0 Å². The summed E-state index contributed by atoms with van der Waals surface area (Å²) < 4.78 is 6.09.